The predicted molar refractivity (Wildman–Crippen MR) is 102 cm³/mol. The molecule has 1 aliphatic heterocycles. The van der Waals surface area contributed by atoms with Gasteiger partial charge in [-0.2, -0.15) is 4.98 Å². The average molecular weight is 366 g/mol. The third-order valence-corrected chi connectivity index (χ3v) is 5.19. The number of nitrogens with one attached hydrogen (secondary N) is 1. The Labute approximate surface area is 157 Å². The van der Waals surface area contributed by atoms with E-state index < -0.39 is 5.97 Å². The molecule has 27 heavy (non-hydrogen) atoms. The third kappa shape index (κ3) is 3.20. The quantitative estimate of drug-likeness (QED) is 0.715. The number of fused-ring (bicyclic) bond motifs is 1. The van der Waals surface area contributed by atoms with Crippen LogP contribution in [-0.2, 0) is 4.74 Å². The number of hydrogen-bond acceptors (Lipinski definition) is 6. The molecule has 1 saturated heterocycles. The molecule has 4 rings (SSSR count). The van der Waals surface area contributed by atoms with Gasteiger partial charge in [-0.25, -0.2) is 9.78 Å². The minimum atomic E-state index is -0.447. The van der Waals surface area contributed by atoms with Crippen molar-refractivity contribution in [2.45, 2.75) is 18.8 Å². The standard InChI is InChI=1S/C20H22N4O3/c1-26-19-15(20(25)27-2)5-6-17(23-19)24-10-7-13(8-11-24)16-12-22-18-14(16)4-3-9-21-18/h3-6,9,12-13H,7-8,10-11H2,1-2H3,(H,21,22). The van der Waals surface area contributed by atoms with Gasteiger partial charge in [-0.1, -0.05) is 0 Å². The van der Waals surface area contributed by atoms with Gasteiger partial charge in [0, 0.05) is 30.9 Å². The first-order valence-electron chi connectivity index (χ1n) is 9.01. The monoisotopic (exact) mass is 366 g/mol. The second-order valence-corrected chi connectivity index (χ2v) is 6.62. The maximum atomic E-state index is 11.8. The Morgan fingerprint density at radius 3 is 2.78 bits per heavy atom. The highest BCUT2D eigenvalue weighted by Crippen LogP contribution is 2.34. The number of rotatable bonds is 4. The van der Waals surface area contributed by atoms with Crippen molar-refractivity contribution >= 4 is 22.8 Å². The number of H-pyrrole nitrogens is 1. The first-order chi connectivity index (χ1) is 13.2. The van der Waals surface area contributed by atoms with E-state index >= 15 is 0 Å². The number of aromatic nitrogens is 3. The van der Waals surface area contributed by atoms with Crippen LogP contribution in [0.4, 0.5) is 5.82 Å². The summed E-state index contributed by atoms with van der Waals surface area (Å²) in [6, 6.07) is 7.67. The lowest BCUT2D eigenvalue weighted by Gasteiger charge is -2.33. The number of hydrogen-bond donors (Lipinski definition) is 1. The maximum absolute atomic E-state index is 11.8. The number of anilines is 1. The summed E-state index contributed by atoms with van der Waals surface area (Å²) in [7, 11) is 2.86. The van der Waals surface area contributed by atoms with Crippen LogP contribution in [0.5, 0.6) is 5.88 Å². The van der Waals surface area contributed by atoms with Gasteiger partial charge in [-0.3, -0.25) is 0 Å². The van der Waals surface area contributed by atoms with Gasteiger partial charge in [0.25, 0.3) is 0 Å². The van der Waals surface area contributed by atoms with Crippen molar-refractivity contribution in [3.8, 4) is 5.88 Å². The molecule has 0 saturated carbocycles. The number of pyridine rings is 2. The maximum Gasteiger partial charge on any atom is 0.343 e. The van der Waals surface area contributed by atoms with E-state index in [0.29, 0.717) is 17.4 Å². The van der Waals surface area contributed by atoms with Crippen molar-refractivity contribution in [2.75, 3.05) is 32.2 Å². The van der Waals surface area contributed by atoms with Crippen LogP contribution < -0.4 is 9.64 Å². The molecule has 0 atom stereocenters. The van der Waals surface area contributed by atoms with Crippen molar-refractivity contribution in [3.05, 3.63) is 47.8 Å². The number of ether oxygens (including phenoxy) is 2. The largest absolute Gasteiger partial charge is 0.480 e. The van der Waals surface area contributed by atoms with E-state index in [0.717, 1.165) is 37.4 Å². The number of aromatic amines is 1. The summed E-state index contributed by atoms with van der Waals surface area (Å²) in [6.07, 6.45) is 5.96. The first-order valence-corrected chi connectivity index (χ1v) is 9.01. The molecule has 0 aromatic carbocycles. The molecule has 7 heteroatoms. The molecular formula is C20H22N4O3. The van der Waals surface area contributed by atoms with Gasteiger partial charge >= 0.3 is 5.97 Å². The van der Waals surface area contributed by atoms with E-state index in [9.17, 15) is 4.79 Å². The van der Waals surface area contributed by atoms with Crippen molar-refractivity contribution < 1.29 is 14.3 Å². The Morgan fingerprint density at radius 1 is 1.22 bits per heavy atom. The van der Waals surface area contributed by atoms with Gasteiger partial charge in [0.1, 0.15) is 17.0 Å². The normalized spacial score (nSPS) is 15.1. The number of methoxy groups -OCH3 is 2. The molecule has 0 radical (unpaired) electrons. The Kier molecular flexibility index (Phi) is 4.66. The molecule has 4 heterocycles. The molecule has 0 amide bonds. The zero-order valence-corrected chi connectivity index (χ0v) is 15.4. The zero-order valence-electron chi connectivity index (χ0n) is 15.4. The summed E-state index contributed by atoms with van der Waals surface area (Å²) in [5.41, 5.74) is 2.62. The fourth-order valence-corrected chi connectivity index (χ4v) is 3.76. The van der Waals surface area contributed by atoms with Crippen LogP contribution in [0.1, 0.15) is 34.7 Å². The van der Waals surface area contributed by atoms with E-state index in [2.05, 4.69) is 32.1 Å². The summed E-state index contributed by atoms with van der Waals surface area (Å²) in [5.74, 6) is 1.16. The van der Waals surface area contributed by atoms with Gasteiger partial charge in [0.2, 0.25) is 5.88 Å². The molecule has 3 aromatic heterocycles. The predicted octanol–water partition coefficient (Wildman–Crippen LogP) is 3.14. The van der Waals surface area contributed by atoms with E-state index in [1.54, 1.807) is 6.07 Å². The lowest BCUT2D eigenvalue weighted by atomic mass is 9.89. The topological polar surface area (TPSA) is 80.3 Å². The zero-order chi connectivity index (χ0) is 18.8. The van der Waals surface area contributed by atoms with Gasteiger partial charge in [0.05, 0.1) is 14.2 Å². The third-order valence-electron chi connectivity index (χ3n) is 5.19. The summed E-state index contributed by atoms with van der Waals surface area (Å²) in [5, 5.41) is 1.21. The lowest BCUT2D eigenvalue weighted by Crippen LogP contribution is -2.33. The van der Waals surface area contributed by atoms with Gasteiger partial charge in [0.15, 0.2) is 0 Å². The van der Waals surface area contributed by atoms with Crippen molar-refractivity contribution in [1.29, 1.82) is 0 Å². The van der Waals surface area contributed by atoms with Crippen LogP contribution in [0.2, 0.25) is 0 Å². The number of carbonyl (C=O) groups excluding carboxylic acids is 1. The molecule has 140 valence electrons. The smallest absolute Gasteiger partial charge is 0.343 e. The molecule has 1 fully saturated rings. The van der Waals surface area contributed by atoms with Crippen molar-refractivity contribution in [3.63, 3.8) is 0 Å². The first kappa shape index (κ1) is 17.3. The molecule has 1 aliphatic rings. The minimum absolute atomic E-state index is 0.296. The average Bonchev–Trinajstić information content (AvgIpc) is 3.17. The molecule has 0 bridgehead atoms. The summed E-state index contributed by atoms with van der Waals surface area (Å²) in [4.78, 5) is 26.2. The molecule has 0 spiro atoms. The van der Waals surface area contributed by atoms with Gasteiger partial charge in [-0.15, -0.1) is 0 Å². The minimum Gasteiger partial charge on any atom is -0.480 e. The number of carbonyl (C=O) groups is 1. The van der Waals surface area contributed by atoms with Crippen LogP contribution in [0.25, 0.3) is 11.0 Å². The second-order valence-electron chi connectivity index (χ2n) is 6.62. The van der Waals surface area contributed by atoms with Crippen molar-refractivity contribution in [2.24, 2.45) is 0 Å². The molecule has 0 aliphatic carbocycles. The highest BCUT2D eigenvalue weighted by molar-refractivity contribution is 5.92. The Balaban J connectivity index is 1.50. The molecular weight excluding hydrogens is 344 g/mol. The highest BCUT2D eigenvalue weighted by atomic mass is 16.5. The van der Waals surface area contributed by atoms with Crippen LogP contribution in [0.3, 0.4) is 0 Å². The molecule has 1 N–H and O–H groups in total. The number of esters is 1. The Bertz CT molecular complexity index is 961. The number of piperidine rings is 1. The van der Waals surface area contributed by atoms with E-state index in [4.69, 9.17) is 9.47 Å². The number of nitrogens with zero attached hydrogens (tertiary/aromatic N) is 3. The van der Waals surface area contributed by atoms with Gasteiger partial charge in [-0.05, 0) is 48.6 Å². The molecule has 3 aromatic rings. The van der Waals surface area contributed by atoms with E-state index in [-0.39, 0.29) is 0 Å². The highest BCUT2D eigenvalue weighted by Gasteiger charge is 2.25. The SMILES string of the molecule is COC(=O)c1ccc(N2CCC(c3c[nH]c4ncccc34)CC2)nc1OC. The van der Waals surface area contributed by atoms with Gasteiger partial charge < -0.3 is 19.4 Å². The fourth-order valence-electron chi connectivity index (χ4n) is 3.76. The summed E-state index contributed by atoms with van der Waals surface area (Å²) in [6.45, 7) is 1.79. The van der Waals surface area contributed by atoms with Crippen LogP contribution in [0, 0.1) is 0 Å². The Hall–Kier alpha value is -3.09. The van der Waals surface area contributed by atoms with Crippen LogP contribution in [0.15, 0.2) is 36.7 Å². The van der Waals surface area contributed by atoms with Crippen molar-refractivity contribution in [1.82, 2.24) is 15.0 Å². The van der Waals surface area contributed by atoms with E-state index in [1.807, 2.05) is 18.3 Å². The Morgan fingerprint density at radius 2 is 2.04 bits per heavy atom. The van der Waals surface area contributed by atoms with Crippen LogP contribution >= 0.6 is 0 Å². The summed E-state index contributed by atoms with van der Waals surface area (Å²) < 4.78 is 10.1. The van der Waals surface area contributed by atoms with E-state index in [1.165, 1.54) is 25.2 Å². The summed E-state index contributed by atoms with van der Waals surface area (Å²) >= 11 is 0. The van der Waals surface area contributed by atoms with Crippen LogP contribution in [-0.4, -0.2) is 48.2 Å². The molecule has 7 nitrogen and oxygen atoms in total. The fraction of sp³-hybridized carbons (Fsp3) is 0.350. The molecule has 0 unspecified atom stereocenters. The lowest BCUT2D eigenvalue weighted by molar-refractivity contribution is 0.0596. The second kappa shape index (κ2) is 7.26.